The van der Waals surface area contributed by atoms with Crippen molar-refractivity contribution in [3.05, 3.63) is 70.8 Å². The first-order valence-electron chi connectivity index (χ1n) is 6.79. The van der Waals surface area contributed by atoms with E-state index in [0.29, 0.717) is 13.1 Å². The van der Waals surface area contributed by atoms with E-state index in [9.17, 15) is 8.42 Å². The predicted molar refractivity (Wildman–Crippen MR) is 85.0 cm³/mol. The first kappa shape index (κ1) is 15.7. The van der Waals surface area contributed by atoms with E-state index in [1.165, 1.54) is 0 Å². The minimum Gasteiger partial charge on any atom is -0.326 e. The van der Waals surface area contributed by atoms with E-state index >= 15 is 0 Å². The van der Waals surface area contributed by atoms with Crippen molar-refractivity contribution >= 4 is 10.0 Å². The second kappa shape index (κ2) is 6.85. The highest BCUT2D eigenvalue weighted by atomic mass is 32.2. The fourth-order valence-electron chi connectivity index (χ4n) is 2.06. The van der Waals surface area contributed by atoms with Crippen molar-refractivity contribution in [3.8, 4) is 0 Å². The molecule has 0 amide bonds. The van der Waals surface area contributed by atoms with E-state index in [1.54, 1.807) is 12.1 Å². The zero-order valence-corrected chi connectivity index (χ0v) is 12.9. The van der Waals surface area contributed by atoms with Gasteiger partial charge in [0.15, 0.2) is 0 Å². The molecule has 0 heterocycles. The van der Waals surface area contributed by atoms with Crippen molar-refractivity contribution in [2.75, 3.05) is 0 Å². The van der Waals surface area contributed by atoms with Gasteiger partial charge in [-0.3, -0.25) is 0 Å². The number of hydrogen-bond donors (Lipinski definition) is 2. The van der Waals surface area contributed by atoms with Crippen LogP contribution in [0.4, 0.5) is 0 Å². The van der Waals surface area contributed by atoms with E-state index in [-0.39, 0.29) is 5.75 Å². The van der Waals surface area contributed by atoms with Gasteiger partial charge in [-0.05, 0) is 23.6 Å². The van der Waals surface area contributed by atoms with Gasteiger partial charge < -0.3 is 5.73 Å². The monoisotopic (exact) mass is 304 g/mol. The molecule has 0 atom stereocenters. The topological polar surface area (TPSA) is 72.2 Å². The van der Waals surface area contributed by atoms with Crippen LogP contribution < -0.4 is 10.5 Å². The highest BCUT2D eigenvalue weighted by Crippen LogP contribution is 2.09. The maximum absolute atomic E-state index is 12.1. The summed E-state index contributed by atoms with van der Waals surface area (Å²) in [5.74, 6) is -0.0241. The Kier molecular flexibility index (Phi) is 5.12. The quantitative estimate of drug-likeness (QED) is 0.858. The van der Waals surface area contributed by atoms with Gasteiger partial charge in [0.1, 0.15) is 0 Å². The van der Waals surface area contributed by atoms with Crippen LogP contribution in [0.2, 0.25) is 0 Å². The molecule has 2 rings (SSSR count). The van der Waals surface area contributed by atoms with Crippen LogP contribution in [0.3, 0.4) is 0 Å². The zero-order chi connectivity index (χ0) is 15.3. The summed E-state index contributed by atoms with van der Waals surface area (Å²) in [5, 5.41) is 0. The molecule has 112 valence electrons. The highest BCUT2D eigenvalue weighted by molar-refractivity contribution is 7.88. The smallest absolute Gasteiger partial charge is 0.216 e. The second-order valence-corrected chi connectivity index (χ2v) is 6.90. The van der Waals surface area contributed by atoms with Crippen LogP contribution in [-0.2, 0) is 28.9 Å². The standard InChI is InChI=1S/C16H20N2O2S/c1-13-3-2-4-16(9-13)11-18-21(19,20)12-15-7-5-14(10-17)6-8-15/h2-9,18H,10-12,17H2,1H3. The second-order valence-electron chi connectivity index (χ2n) is 5.09. The van der Waals surface area contributed by atoms with Crippen molar-refractivity contribution in [2.24, 2.45) is 5.73 Å². The Balaban J connectivity index is 1.98. The normalized spacial score (nSPS) is 11.5. The van der Waals surface area contributed by atoms with Gasteiger partial charge in [-0.1, -0.05) is 54.1 Å². The van der Waals surface area contributed by atoms with Gasteiger partial charge in [0.25, 0.3) is 0 Å². The molecule has 0 saturated heterocycles. The maximum Gasteiger partial charge on any atom is 0.216 e. The third kappa shape index (κ3) is 4.97. The molecule has 0 radical (unpaired) electrons. The van der Waals surface area contributed by atoms with E-state index in [0.717, 1.165) is 22.3 Å². The van der Waals surface area contributed by atoms with Crippen LogP contribution in [0, 0.1) is 6.92 Å². The Labute approximate surface area is 126 Å². The van der Waals surface area contributed by atoms with Crippen molar-refractivity contribution in [1.29, 1.82) is 0 Å². The Morgan fingerprint density at radius 1 is 1.00 bits per heavy atom. The summed E-state index contributed by atoms with van der Waals surface area (Å²) in [6, 6.07) is 15.1. The summed E-state index contributed by atoms with van der Waals surface area (Å²) in [6.07, 6.45) is 0. The molecule has 0 aromatic heterocycles. The predicted octanol–water partition coefficient (Wildman–Crippen LogP) is 2.07. The summed E-state index contributed by atoms with van der Waals surface area (Å²) in [6.45, 7) is 2.75. The molecule has 0 unspecified atom stereocenters. The summed E-state index contributed by atoms with van der Waals surface area (Å²) < 4.78 is 26.8. The van der Waals surface area contributed by atoms with Gasteiger partial charge in [0.2, 0.25) is 10.0 Å². The molecule has 0 fully saturated rings. The third-order valence-electron chi connectivity index (χ3n) is 3.19. The number of benzene rings is 2. The van der Waals surface area contributed by atoms with E-state index in [4.69, 9.17) is 5.73 Å². The molecule has 21 heavy (non-hydrogen) atoms. The van der Waals surface area contributed by atoms with Crippen LogP contribution in [0.5, 0.6) is 0 Å². The van der Waals surface area contributed by atoms with Crippen LogP contribution in [0.1, 0.15) is 22.3 Å². The van der Waals surface area contributed by atoms with Crippen LogP contribution in [0.25, 0.3) is 0 Å². The fraction of sp³-hybridized carbons (Fsp3) is 0.250. The molecule has 2 aromatic carbocycles. The summed E-state index contributed by atoms with van der Waals surface area (Å²) in [4.78, 5) is 0. The van der Waals surface area contributed by atoms with Crippen molar-refractivity contribution < 1.29 is 8.42 Å². The van der Waals surface area contributed by atoms with Crippen molar-refractivity contribution in [3.63, 3.8) is 0 Å². The number of rotatable bonds is 6. The lowest BCUT2D eigenvalue weighted by Gasteiger charge is -2.08. The van der Waals surface area contributed by atoms with Gasteiger partial charge in [0.05, 0.1) is 5.75 Å². The van der Waals surface area contributed by atoms with Crippen LogP contribution in [0.15, 0.2) is 48.5 Å². The lowest BCUT2D eigenvalue weighted by Crippen LogP contribution is -2.24. The molecular formula is C16H20N2O2S. The van der Waals surface area contributed by atoms with Crippen molar-refractivity contribution in [1.82, 2.24) is 4.72 Å². The van der Waals surface area contributed by atoms with E-state index in [2.05, 4.69) is 4.72 Å². The van der Waals surface area contributed by atoms with Crippen LogP contribution in [-0.4, -0.2) is 8.42 Å². The lowest BCUT2D eigenvalue weighted by atomic mass is 10.1. The van der Waals surface area contributed by atoms with Gasteiger partial charge in [-0.25, -0.2) is 13.1 Å². The minimum atomic E-state index is -3.35. The molecule has 0 spiro atoms. The Hall–Kier alpha value is -1.69. The molecule has 2 aromatic rings. The summed E-state index contributed by atoms with van der Waals surface area (Å²) in [5.41, 5.74) is 9.33. The van der Waals surface area contributed by atoms with E-state index in [1.807, 2.05) is 43.3 Å². The Morgan fingerprint density at radius 2 is 1.67 bits per heavy atom. The lowest BCUT2D eigenvalue weighted by molar-refractivity contribution is 0.580. The zero-order valence-electron chi connectivity index (χ0n) is 12.0. The number of aryl methyl sites for hydroxylation is 1. The number of nitrogens with one attached hydrogen (secondary N) is 1. The first-order chi connectivity index (χ1) is 9.98. The molecule has 0 aliphatic carbocycles. The Morgan fingerprint density at radius 3 is 2.29 bits per heavy atom. The van der Waals surface area contributed by atoms with E-state index < -0.39 is 10.0 Å². The third-order valence-corrected chi connectivity index (χ3v) is 4.49. The average Bonchev–Trinajstić information content (AvgIpc) is 2.46. The molecule has 5 heteroatoms. The molecule has 0 saturated carbocycles. The molecular weight excluding hydrogens is 284 g/mol. The minimum absolute atomic E-state index is 0.0241. The van der Waals surface area contributed by atoms with Gasteiger partial charge in [-0.15, -0.1) is 0 Å². The number of hydrogen-bond acceptors (Lipinski definition) is 3. The molecule has 0 aliphatic rings. The highest BCUT2D eigenvalue weighted by Gasteiger charge is 2.11. The number of nitrogens with two attached hydrogens (primary N) is 1. The number of sulfonamides is 1. The molecule has 0 bridgehead atoms. The van der Waals surface area contributed by atoms with Gasteiger partial charge in [0, 0.05) is 13.1 Å². The van der Waals surface area contributed by atoms with Crippen LogP contribution >= 0.6 is 0 Å². The van der Waals surface area contributed by atoms with Crippen molar-refractivity contribution in [2.45, 2.75) is 25.8 Å². The van der Waals surface area contributed by atoms with Gasteiger partial charge in [-0.2, -0.15) is 0 Å². The maximum atomic E-state index is 12.1. The first-order valence-corrected chi connectivity index (χ1v) is 8.44. The fourth-order valence-corrected chi connectivity index (χ4v) is 3.18. The molecule has 3 N–H and O–H groups in total. The Bertz CT molecular complexity index is 694. The molecule has 0 aliphatic heterocycles. The molecule has 4 nitrogen and oxygen atoms in total. The summed E-state index contributed by atoms with van der Waals surface area (Å²) >= 11 is 0. The largest absolute Gasteiger partial charge is 0.326 e. The van der Waals surface area contributed by atoms with Gasteiger partial charge >= 0.3 is 0 Å². The summed E-state index contributed by atoms with van der Waals surface area (Å²) in [7, 11) is -3.35. The SMILES string of the molecule is Cc1cccc(CNS(=O)(=O)Cc2ccc(CN)cc2)c1. The average molecular weight is 304 g/mol.